The second kappa shape index (κ2) is 4.09. The lowest BCUT2D eigenvalue weighted by Gasteiger charge is -2.26. The zero-order valence-corrected chi connectivity index (χ0v) is 11.7. The first-order valence-electron chi connectivity index (χ1n) is 6.92. The van der Waals surface area contributed by atoms with Gasteiger partial charge in [0.1, 0.15) is 0 Å². The van der Waals surface area contributed by atoms with E-state index in [2.05, 4.69) is 5.10 Å². The third-order valence-corrected chi connectivity index (χ3v) is 4.28. The zero-order valence-electron chi connectivity index (χ0n) is 11.7. The van der Waals surface area contributed by atoms with Crippen LogP contribution in [0.1, 0.15) is 23.6 Å². The van der Waals surface area contributed by atoms with Crippen molar-refractivity contribution in [2.24, 2.45) is 5.10 Å². The third kappa shape index (κ3) is 1.63. The standard InChI is InChI=1S/C16H11F3N2O/c1-8-11-6-4-9-2-3-10-5-7-12(14(11)13(9)10)21(20-8)15(22)16(17,18)19/h4-7H,2-3H2,1H3. The van der Waals surface area contributed by atoms with E-state index in [0.717, 1.165) is 34.9 Å². The van der Waals surface area contributed by atoms with Crippen LogP contribution in [0.3, 0.4) is 0 Å². The summed E-state index contributed by atoms with van der Waals surface area (Å²) in [5.74, 6) is -1.96. The lowest BCUT2D eigenvalue weighted by Crippen LogP contribution is -2.39. The molecule has 0 atom stereocenters. The summed E-state index contributed by atoms with van der Waals surface area (Å²) in [6.07, 6.45) is -3.21. The first-order valence-corrected chi connectivity index (χ1v) is 6.92. The second-order valence-corrected chi connectivity index (χ2v) is 5.57. The molecule has 0 unspecified atom stereocenters. The van der Waals surface area contributed by atoms with E-state index in [0.29, 0.717) is 16.1 Å². The van der Waals surface area contributed by atoms with Crippen LogP contribution in [-0.4, -0.2) is 17.8 Å². The molecule has 1 heterocycles. The quantitative estimate of drug-likeness (QED) is 0.732. The van der Waals surface area contributed by atoms with Crippen LogP contribution in [0.25, 0.3) is 10.8 Å². The van der Waals surface area contributed by atoms with Gasteiger partial charge in [-0.2, -0.15) is 23.3 Å². The Kier molecular flexibility index (Phi) is 2.47. The van der Waals surface area contributed by atoms with Gasteiger partial charge < -0.3 is 0 Å². The highest BCUT2D eigenvalue weighted by Crippen LogP contribution is 2.42. The van der Waals surface area contributed by atoms with Crippen LogP contribution in [0.2, 0.25) is 0 Å². The third-order valence-electron chi connectivity index (χ3n) is 4.28. The van der Waals surface area contributed by atoms with E-state index in [-0.39, 0.29) is 5.69 Å². The maximum absolute atomic E-state index is 12.8. The van der Waals surface area contributed by atoms with Crippen LogP contribution < -0.4 is 5.01 Å². The van der Waals surface area contributed by atoms with Crippen molar-refractivity contribution in [3.63, 3.8) is 0 Å². The van der Waals surface area contributed by atoms with Crippen molar-refractivity contribution in [2.45, 2.75) is 25.9 Å². The van der Waals surface area contributed by atoms with E-state index in [1.165, 1.54) is 0 Å². The number of benzene rings is 2. The molecule has 0 radical (unpaired) electrons. The number of hydrogen-bond donors (Lipinski definition) is 0. The second-order valence-electron chi connectivity index (χ2n) is 5.57. The predicted octanol–water partition coefficient (Wildman–Crippen LogP) is 3.57. The number of alkyl halides is 3. The Labute approximate surface area is 124 Å². The predicted molar refractivity (Wildman–Crippen MR) is 77.1 cm³/mol. The summed E-state index contributed by atoms with van der Waals surface area (Å²) in [7, 11) is 0. The minimum Gasteiger partial charge on any atom is -0.262 e. The van der Waals surface area contributed by atoms with Gasteiger partial charge in [0, 0.05) is 10.9 Å². The maximum Gasteiger partial charge on any atom is 0.473 e. The molecule has 1 aliphatic carbocycles. The number of carbonyl (C=O) groups is 1. The lowest BCUT2D eigenvalue weighted by molar-refractivity contribution is -0.170. The van der Waals surface area contributed by atoms with Crippen LogP contribution in [0.5, 0.6) is 0 Å². The zero-order chi connectivity index (χ0) is 15.6. The molecule has 0 N–H and O–H groups in total. The molecule has 0 spiro atoms. The van der Waals surface area contributed by atoms with Gasteiger partial charge >= 0.3 is 12.1 Å². The first kappa shape index (κ1) is 13.3. The van der Waals surface area contributed by atoms with E-state index in [1.807, 2.05) is 12.1 Å². The number of hydrazone groups is 1. The van der Waals surface area contributed by atoms with Gasteiger partial charge in [-0.15, -0.1) is 0 Å². The highest BCUT2D eigenvalue weighted by Gasteiger charge is 2.45. The molecule has 0 saturated carbocycles. The monoisotopic (exact) mass is 304 g/mol. The molecule has 0 aromatic heterocycles. The molecular weight excluding hydrogens is 293 g/mol. The fraction of sp³-hybridized carbons (Fsp3) is 0.250. The van der Waals surface area contributed by atoms with Crippen molar-refractivity contribution >= 4 is 28.1 Å². The number of hydrogen-bond acceptors (Lipinski definition) is 2. The number of nitrogens with zero attached hydrogens (tertiary/aromatic N) is 2. The minimum absolute atomic E-state index is 0.213. The van der Waals surface area contributed by atoms with Gasteiger partial charge in [0.05, 0.1) is 11.4 Å². The Hall–Kier alpha value is -2.37. The molecule has 6 heteroatoms. The molecule has 4 rings (SSSR count). The summed E-state index contributed by atoms with van der Waals surface area (Å²) < 4.78 is 38.5. The molecule has 0 bridgehead atoms. The van der Waals surface area contributed by atoms with Crippen molar-refractivity contribution in [3.8, 4) is 0 Å². The van der Waals surface area contributed by atoms with Crippen LogP contribution in [0.15, 0.2) is 29.4 Å². The molecule has 0 fully saturated rings. The van der Waals surface area contributed by atoms with Crippen molar-refractivity contribution in [1.29, 1.82) is 0 Å². The molecule has 1 amide bonds. The van der Waals surface area contributed by atoms with Crippen molar-refractivity contribution < 1.29 is 18.0 Å². The minimum atomic E-state index is -4.95. The number of anilines is 1. The van der Waals surface area contributed by atoms with Gasteiger partial charge in [0.2, 0.25) is 0 Å². The van der Waals surface area contributed by atoms with E-state index in [1.54, 1.807) is 19.1 Å². The van der Waals surface area contributed by atoms with Crippen LogP contribution in [0.4, 0.5) is 18.9 Å². The Morgan fingerprint density at radius 3 is 2.36 bits per heavy atom. The summed E-state index contributed by atoms with van der Waals surface area (Å²) in [6.45, 7) is 1.62. The van der Waals surface area contributed by atoms with E-state index < -0.39 is 12.1 Å². The maximum atomic E-state index is 12.8. The van der Waals surface area contributed by atoms with Crippen LogP contribution >= 0.6 is 0 Å². The van der Waals surface area contributed by atoms with Crippen molar-refractivity contribution in [1.82, 2.24) is 0 Å². The van der Waals surface area contributed by atoms with Gasteiger partial charge in [-0.05, 0) is 42.3 Å². The fourth-order valence-electron chi connectivity index (χ4n) is 3.32. The molecule has 112 valence electrons. The highest BCUT2D eigenvalue weighted by atomic mass is 19.4. The van der Waals surface area contributed by atoms with E-state index in [9.17, 15) is 18.0 Å². The number of carbonyl (C=O) groups excluding carboxylic acids is 1. The van der Waals surface area contributed by atoms with Gasteiger partial charge in [-0.25, -0.2) is 0 Å². The number of rotatable bonds is 0. The lowest BCUT2D eigenvalue weighted by atomic mass is 9.95. The molecule has 22 heavy (non-hydrogen) atoms. The Balaban J connectivity index is 2.04. The van der Waals surface area contributed by atoms with E-state index >= 15 is 0 Å². The normalized spacial score (nSPS) is 16.2. The Bertz CT molecular complexity index is 858. The molecule has 1 aliphatic heterocycles. The molecule has 3 nitrogen and oxygen atoms in total. The molecule has 2 aromatic rings. The van der Waals surface area contributed by atoms with Gasteiger partial charge in [0.15, 0.2) is 0 Å². The summed E-state index contributed by atoms with van der Waals surface area (Å²) in [5, 5.41) is 6.05. The summed E-state index contributed by atoms with van der Waals surface area (Å²) >= 11 is 0. The first-order chi connectivity index (χ1) is 10.4. The molecular formula is C16H11F3N2O. The number of aryl methyl sites for hydroxylation is 2. The Morgan fingerprint density at radius 1 is 1.09 bits per heavy atom. The Morgan fingerprint density at radius 2 is 1.73 bits per heavy atom. The average Bonchev–Trinajstić information content (AvgIpc) is 2.89. The van der Waals surface area contributed by atoms with Crippen molar-refractivity contribution in [3.05, 3.63) is 41.0 Å². The molecule has 2 aromatic carbocycles. The fourth-order valence-corrected chi connectivity index (χ4v) is 3.32. The van der Waals surface area contributed by atoms with Gasteiger partial charge in [0.25, 0.3) is 0 Å². The molecule has 0 saturated heterocycles. The smallest absolute Gasteiger partial charge is 0.262 e. The topological polar surface area (TPSA) is 32.7 Å². The van der Waals surface area contributed by atoms with Gasteiger partial charge in [-0.3, -0.25) is 4.79 Å². The van der Waals surface area contributed by atoms with Crippen LogP contribution in [0, 0.1) is 0 Å². The van der Waals surface area contributed by atoms with Crippen molar-refractivity contribution in [2.75, 3.05) is 5.01 Å². The molecule has 2 aliphatic rings. The number of halogens is 3. The summed E-state index contributed by atoms with van der Waals surface area (Å²) in [5.41, 5.74) is 3.66. The summed E-state index contributed by atoms with van der Waals surface area (Å²) in [6, 6.07) is 7.24. The van der Waals surface area contributed by atoms with Gasteiger partial charge in [-0.1, -0.05) is 18.2 Å². The highest BCUT2D eigenvalue weighted by molar-refractivity contribution is 6.21. The number of amides is 1. The average molecular weight is 304 g/mol. The largest absolute Gasteiger partial charge is 0.473 e. The van der Waals surface area contributed by atoms with Crippen LogP contribution in [-0.2, 0) is 17.6 Å². The summed E-state index contributed by atoms with van der Waals surface area (Å²) in [4.78, 5) is 11.7. The van der Waals surface area contributed by atoms with E-state index in [4.69, 9.17) is 0 Å². The SMILES string of the molecule is CC1=NN(C(=O)C(F)(F)F)c2ccc3c4c(ccc1c24)CC3.